The number of amides is 1. The van der Waals surface area contributed by atoms with Crippen LogP contribution in [0.4, 0.5) is 0 Å². The van der Waals surface area contributed by atoms with Crippen LogP contribution in [0.15, 0.2) is 0 Å². The fraction of sp³-hybridized carbons (Fsp3) is 0.923. The van der Waals surface area contributed by atoms with Gasteiger partial charge in [-0.25, -0.2) is 0 Å². The van der Waals surface area contributed by atoms with Crippen LogP contribution in [-0.2, 0) is 14.3 Å². The molecule has 2 unspecified atom stereocenters. The zero-order chi connectivity index (χ0) is 13.2. The summed E-state index contributed by atoms with van der Waals surface area (Å²) in [6, 6.07) is 0.160. The molecule has 2 aliphatic heterocycles. The molecule has 6 heteroatoms. The molecule has 2 rings (SSSR count). The van der Waals surface area contributed by atoms with E-state index in [1.807, 2.05) is 25.7 Å². The van der Waals surface area contributed by atoms with Crippen LogP contribution in [0.3, 0.4) is 0 Å². The van der Waals surface area contributed by atoms with Crippen molar-refractivity contribution in [2.45, 2.75) is 44.9 Å². The summed E-state index contributed by atoms with van der Waals surface area (Å²) in [5.74, 6) is 0.196. The largest absolute Gasteiger partial charge is 0.378 e. The van der Waals surface area contributed by atoms with E-state index in [-0.39, 0.29) is 36.1 Å². The van der Waals surface area contributed by atoms with Crippen molar-refractivity contribution < 1.29 is 14.3 Å². The van der Waals surface area contributed by atoms with Crippen molar-refractivity contribution in [1.29, 1.82) is 0 Å². The van der Waals surface area contributed by atoms with E-state index in [1.54, 1.807) is 0 Å². The maximum atomic E-state index is 12.3. The fourth-order valence-electron chi connectivity index (χ4n) is 2.73. The Morgan fingerprint density at radius 3 is 2.79 bits per heavy atom. The highest BCUT2D eigenvalue weighted by atomic mass is 35.5. The van der Waals surface area contributed by atoms with E-state index in [0.717, 1.165) is 13.2 Å². The molecule has 2 aliphatic rings. The Bertz CT molecular complexity index is 306. The van der Waals surface area contributed by atoms with Gasteiger partial charge in [0.1, 0.15) is 0 Å². The smallest absolute Gasteiger partial charge is 0.224 e. The number of halogens is 1. The van der Waals surface area contributed by atoms with Crippen molar-refractivity contribution in [3.8, 4) is 0 Å². The first-order valence-corrected chi connectivity index (χ1v) is 6.73. The topological polar surface area (TPSA) is 50.8 Å². The van der Waals surface area contributed by atoms with Gasteiger partial charge in [-0.15, -0.1) is 12.4 Å². The summed E-state index contributed by atoms with van der Waals surface area (Å²) in [6.45, 7) is 9.66. The van der Waals surface area contributed by atoms with E-state index in [4.69, 9.17) is 9.47 Å². The average molecular weight is 293 g/mol. The van der Waals surface area contributed by atoms with Crippen molar-refractivity contribution >= 4 is 18.3 Å². The Labute approximate surface area is 121 Å². The van der Waals surface area contributed by atoms with E-state index in [9.17, 15) is 4.79 Å². The van der Waals surface area contributed by atoms with Crippen LogP contribution in [0, 0.1) is 0 Å². The lowest BCUT2D eigenvalue weighted by Gasteiger charge is -2.42. The first-order valence-electron chi connectivity index (χ1n) is 6.73. The average Bonchev–Trinajstić information content (AvgIpc) is 2.27. The molecule has 5 nitrogen and oxygen atoms in total. The molecule has 1 N–H and O–H groups in total. The van der Waals surface area contributed by atoms with Gasteiger partial charge in [0.2, 0.25) is 5.91 Å². The molecule has 0 aromatic heterocycles. The molecule has 112 valence electrons. The number of carbonyl (C=O) groups is 1. The molecule has 2 saturated heterocycles. The first kappa shape index (κ1) is 16.7. The van der Waals surface area contributed by atoms with Crippen LogP contribution in [0.1, 0.15) is 27.2 Å². The maximum Gasteiger partial charge on any atom is 0.224 e. The third-order valence-corrected chi connectivity index (χ3v) is 3.34. The van der Waals surface area contributed by atoms with Crippen LogP contribution in [0.2, 0.25) is 0 Å². The van der Waals surface area contributed by atoms with Crippen LogP contribution in [0.5, 0.6) is 0 Å². The molecule has 0 aliphatic carbocycles. The molecule has 2 atom stereocenters. The highest BCUT2D eigenvalue weighted by Gasteiger charge is 2.34. The molecule has 1 amide bonds. The van der Waals surface area contributed by atoms with Gasteiger partial charge in [-0.3, -0.25) is 4.79 Å². The minimum atomic E-state index is -0.246. The predicted octanol–water partition coefficient (Wildman–Crippen LogP) is 0.813. The summed E-state index contributed by atoms with van der Waals surface area (Å²) in [5.41, 5.74) is -0.246. The van der Waals surface area contributed by atoms with Gasteiger partial charge in [0.05, 0.1) is 24.9 Å². The zero-order valence-electron chi connectivity index (χ0n) is 12.0. The minimum absolute atomic E-state index is 0. The summed E-state index contributed by atoms with van der Waals surface area (Å²) in [5, 5.41) is 3.32. The van der Waals surface area contributed by atoms with Crippen molar-refractivity contribution in [3.63, 3.8) is 0 Å². The molecule has 0 bridgehead atoms. The number of nitrogens with one attached hydrogen (secondary N) is 1. The van der Waals surface area contributed by atoms with Crippen LogP contribution < -0.4 is 5.32 Å². The second-order valence-corrected chi connectivity index (χ2v) is 5.89. The number of carbonyl (C=O) groups excluding carboxylic acids is 1. The summed E-state index contributed by atoms with van der Waals surface area (Å²) in [7, 11) is 0. The number of nitrogens with zero attached hydrogens (tertiary/aromatic N) is 1. The van der Waals surface area contributed by atoms with Crippen LogP contribution in [0.25, 0.3) is 0 Å². The fourth-order valence-corrected chi connectivity index (χ4v) is 2.73. The molecule has 0 spiro atoms. The van der Waals surface area contributed by atoms with Gasteiger partial charge in [0.25, 0.3) is 0 Å². The SMILES string of the molecule is CC1CN(C(=O)CC2COCCN2)CC(C)(C)O1.Cl. The van der Waals surface area contributed by atoms with E-state index in [1.165, 1.54) is 0 Å². The van der Waals surface area contributed by atoms with Gasteiger partial charge >= 0.3 is 0 Å². The molecule has 0 radical (unpaired) electrons. The van der Waals surface area contributed by atoms with Gasteiger partial charge in [0, 0.05) is 32.1 Å². The second kappa shape index (κ2) is 6.88. The summed E-state index contributed by atoms with van der Waals surface area (Å²) in [6.07, 6.45) is 0.622. The van der Waals surface area contributed by atoms with Crippen LogP contribution >= 0.6 is 12.4 Å². The van der Waals surface area contributed by atoms with E-state index in [2.05, 4.69) is 5.32 Å². The standard InChI is InChI=1S/C13H24N2O3.ClH/c1-10-7-15(9-13(2,3)18-10)12(16)6-11-8-17-5-4-14-11;/h10-11,14H,4-9H2,1-3H3;1H. The first-order chi connectivity index (χ1) is 8.46. The summed E-state index contributed by atoms with van der Waals surface area (Å²) >= 11 is 0. The molecule has 0 aromatic carbocycles. The van der Waals surface area contributed by atoms with Crippen LogP contribution in [-0.4, -0.2) is 61.4 Å². The van der Waals surface area contributed by atoms with Crippen molar-refractivity contribution in [3.05, 3.63) is 0 Å². The zero-order valence-corrected chi connectivity index (χ0v) is 12.8. The van der Waals surface area contributed by atoms with Crippen molar-refractivity contribution in [2.24, 2.45) is 0 Å². The Kier molecular flexibility index (Phi) is 6.05. The van der Waals surface area contributed by atoms with Gasteiger partial charge in [-0.2, -0.15) is 0 Å². The van der Waals surface area contributed by atoms with E-state index in [0.29, 0.717) is 26.1 Å². The lowest BCUT2D eigenvalue weighted by Crippen LogP contribution is -2.55. The van der Waals surface area contributed by atoms with Crippen molar-refractivity contribution in [1.82, 2.24) is 10.2 Å². The monoisotopic (exact) mass is 292 g/mol. The lowest BCUT2D eigenvalue weighted by molar-refractivity contribution is -0.159. The summed E-state index contributed by atoms with van der Waals surface area (Å²) in [4.78, 5) is 14.2. The minimum Gasteiger partial charge on any atom is -0.378 e. The Morgan fingerprint density at radius 2 is 2.21 bits per heavy atom. The normalized spacial score (nSPS) is 30.6. The second-order valence-electron chi connectivity index (χ2n) is 5.89. The van der Waals surface area contributed by atoms with Gasteiger partial charge in [-0.05, 0) is 20.8 Å². The number of ether oxygens (including phenoxy) is 2. The molecule has 2 fully saturated rings. The molecule has 0 saturated carbocycles. The van der Waals surface area contributed by atoms with E-state index >= 15 is 0 Å². The molecule has 0 aromatic rings. The molecule has 2 heterocycles. The van der Waals surface area contributed by atoms with Gasteiger partial charge < -0.3 is 19.7 Å². The highest BCUT2D eigenvalue weighted by Crippen LogP contribution is 2.21. The number of hydrogen-bond donors (Lipinski definition) is 1. The maximum absolute atomic E-state index is 12.3. The predicted molar refractivity (Wildman–Crippen MR) is 75.7 cm³/mol. The summed E-state index contributed by atoms with van der Waals surface area (Å²) < 4.78 is 11.2. The number of rotatable bonds is 2. The third kappa shape index (κ3) is 4.91. The molecular formula is C13H25ClN2O3. The van der Waals surface area contributed by atoms with Gasteiger partial charge in [0.15, 0.2) is 0 Å². The third-order valence-electron chi connectivity index (χ3n) is 3.34. The van der Waals surface area contributed by atoms with Crippen molar-refractivity contribution in [2.75, 3.05) is 32.8 Å². The van der Waals surface area contributed by atoms with E-state index < -0.39 is 0 Å². The number of morpholine rings is 2. The highest BCUT2D eigenvalue weighted by molar-refractivity contribution is 5.85. The molecule has 19 heavy (non-hydrogen) atoms. The molecular weight excluding hydrogens is 268 g/mol. The quantitative estimate of drug-likeness (QED) is 0.818. The Balaban J connectivity index is 0.00000180. The van der Waals surface area contributed by atoms with Gasteiger partial charge in [-0.1, -0.05) is 0 Å². The lowest BCUT2D eigenvalue weighted by atomic mass is 10.0. The number of hydrogen-bond acceptors (Lipinski definition) is 4. The Morgan fingerprint density at radius 1 is 1.47 bits per heavy atom. The Hall–Kier alpha value is -0.360.